The molecule has 0 saturated heterocycles. The van der Waals surface area contributed by atoms with Gasteiger partial charge in [-0.1, -0.05) is 26.7 Å². The van der Waals surface area contributed by atoms with Gasteiger partial charge in [0.25, 0.3) is 0 Å². The van der Waals surface area contributed by atoms with Gasteiger partial charge in [-0.3, -0.25) is 0 Å². The van der Waals surface area contributed by atoms with Crippen LogP contribution in [0, 0.1) is 5.92 Å². The molecule has 0 bridgehead atoms. The summed E-state index contributed by atoms with van der Waals surface area (Å²) in [5, 5.41) is 13.0. The van der Waals surface area contributed by atoms with E-state index >= 15 is 0 Å². The predicted octanol–water partition coefficient (Wildman–Crippen LogP) is 1.27. The van der Waals surface area contributed by atoms with E-state index in [0.29, 0.717) is 24.1 Å². The SMILES string of the molecule is CCC(CC)C(O)CNc1cc(N)ncn1. The first-order valence-corrected chi connectivity index (χ1v) is 5.66. The van der Waals surface area contributed by atoms with Crippen LogP contribution in [0.3, 0.4) is 0 Å². The normalized spacial score (nSPS) is 12.8. The van der Waals surface area contributed by atoms with Crippen molar-refractivity contribution in [3.8, 4) is 0 Å². The number of aliphatic hydroxyl groups is 1. The number of nitrogens with zero attached hydrogens (tertiary/aromatic N) is 2. The van der Waals surface area contributed by atoms with E-state index in [0.717, 1.165) is 12.8 Å². The van der Waals surface area contributed by atoms with Gasteiger partial charge in [0, 0.05) is 12.6 Å². The molecule has 0 aliphatic heterocycles. The van der Waals surface area contributed by atoms with Gasteiger partial charge in [-0.05, 0) is 5.92 Å². The molecule has 90 valence electrons. The monoisotopic (exact) mass is 224 g/mol. The molecule has 5 heteroatoms. The summed E-state index contributed by atoms with van der Waals surface area (Å²) < 4.78 is 0. The molecule has 0 aromatic carbocycles. The van der Waals surface area contributed by atoms with Crippen molar-refractivity contribution in [3.63, 3.8) is 0 Å². The zero-order valence-corrected chi connectivity index (χ0v) is 9.85. The van der Waals surface area contributed by atoms with Gasteiger partial charge in [0.05, 0.1) is 6.10 Å². The maximum Gasteiger partial charge on any atom is 0.131 e. The molecule has 0 fully saturated rings. The Morgan fingerprint density at radius 1 is 1.38 bits per heavy atom. The summed E-state index contributed by atoms with van der Waals surface area (Å²) in [5.41, 5.74) is 5.52. The first-order chi connectivity index (χ1) is 7.67. The van der Waals surface area contributed by atoms with Gasteiger partial charge in [0.15, 0.2) is 0 Å². The van der Waals surface area contributed by atoms with Crippen molar-refractivity contribution in [2.45, 2.75) is 32.8 Å². The number of nitrogen functional groups attached to an aromatic ring is 1. The predicted molar refractivity (Wildman–Crippen MR) is 65.0 cm³/mol. The molecule has 0 aliphatic rings. The quantitative estimate of drug-likeness (QED) is 0.677. The van der Waals surface area contributed by atoms with Crippen LogP contribution in [0.2, 0.25) is 0 Å². The first kappa shape index (κ1) is 12.7. The van der Waals surface area contributed by atoms with Crippen molar-refractivity contribution in [2.75, 3.05) is 17.6 Å². The summed E-state index contributed by atoms with van der Waals surface area (Å²) >= 11 is 0. The van der Waals surface area contributed by atoms with Crippen LogP contribution in [0.4, 0.5) is 11.6 Å². The minimum absolute atomic E-state index is 0.326. The Labute approximate surface area is 96.1 Å². The number of nitrogens with one attached hydrogen (secondary N) is 1. The second kappa shape index (κ2) is 6.27. The highest BCUT2D eigenvalue weighted by molar-refractivity contribution is 5.43. The summed E-state index contributed by atoms with van der Waals surface area (Å²) in [7, 11) is 0. The minimum atomic E-state index is -0.355. The Morgan fingerprint density at radius 2 is 2.06 bits per heavy atom. The Hall–Kier alpha value is -1.36. The summed E-state index contributed by atoms with van der Waals surface area (Å²) in [6.07, 6.45) is 3.00. The zero-order chi connectivity index (χ0) is 12.0. The Balaban J connectivity index is 2.45. The Kier molecular flexibility index (Phi) is 4.98. The molecule has 16 heavy (non-hydrogen) atoms. The molecular weight excluding hydrogens is 204 g/mol. The van der Waals surface area contributed by atoms with Crippen molar-refractivity contribution >= 4 is 11.6 Å². The number of hydrogen-bond donors (Lipinski definition) is 3. The van der Waals surface area contributed by atoms with E-state index in [9.17, 15) is 5.11 Å². The van der Waals surface area contributed by atoms with Gasteiger partial charge in [0.2, 0.25) is 0 Å². The summed E-state index contributed by atoms with van der Waals surface area (Å²) in [6, 6.07) is 1.65. The fourth-order valence-corrected chi connectivity index (χ4v) is 1.68. The summed E-state index contributed by atoms with van der Waals surface area (Å²) in [5.74, 6) is 1.40. The van der Waals surface area contributed by atoms with E-state index in [1.807, 2.05) is 0 Å². The standard InChI is InChI=1S/C11H20N4O/c1-3-8(4-2)9(16)6-13-11-5-10(12)14-7-15-11/h5,7-9,16H,3-4,6H2,1-2H3,(H3,12,13,14,15). The molecule has 1 rings (SSSR count). The molecule has 0 aliphatic carbocycles. The molecule has 0 saturated carbocycles. The molecule has 1 aromatic rings. The van der Waals surface area contributed by atoms with Crippen LogP contribution >= 0.6 is 0 Å². The van der Waals surface area contributed by atoms with Crippen LogP contribution < -0.4 is 11.1 Å². The molecule has 1 unspecified atom stereocenters. The molecule has 1 heterocycles. The van der Waals surface area contributed by atoms with E-state index in [4.69, 9.17) is 5.73 Å². The van der Waals surface area contributed by atoms with Gasteiger partial charge in [0.1, 0.15) is 18.0 Å². The highest BCUT2D eigenvalue weighted by atomic mass is 16.3. The van der Waals surface area contributed by atoms with E-state index in [1.54, 1.807) is 6.07 Å². The number of nitrogens with two attached hydrogens (primary N) is 1. The first-order valence-electron chi connectivity index (χ1n) is 5.66. The number of hydrogen-bond acceptors (Lipinski definition) is 5. The fourth-order valence-electron chi connectivity index (χ4n) is 1.68. The number of aromatic nitrogens is 2. The van der Waals surface area contributed by atoms with Gasteiger partial charge < -0.3 is 16.2 Å². The smallest absolute Gasteiger partial charge is 0.131 e. The molecule has 5 nitrogen and oxygen atoms in total. The van der Waals surface area contributed by atoms with Crippen molar-refractivity contribution in [1.29, 1.82) is 0 Å². The van der Waals surface area contributed by atoms with Crippen LogP contribution in [-0.2, 0) is 0 Å². The topological polar surface area (TPSA) is 84.1 Å². The minimum Gasteiger partial charge on any atom is -0.391 e. The Bertz CT molecular complexity index is 315. The van der Waals surface area contributed by atoms with Gasteiger partial charge in [-0.15, -0.1) is 0 Å². The number of rotatable bonds is 6. The zero-order valence-electron chi connectivity index (χ0n) is 9.85. The molecule has 0 amide bonds. The van der Waals surface area contributed by atoms with Gasteiger partial charge in [-0.25, -0.2) is 9.97 Å². The molecule has 0 radical (unpaired) electrons. The average molecular weight is 224 g/mol. The van der Waals surface area contributed by atoms with E-state index in [2.05, 4.69) is 29.1 Å². The van der Waals surface area contributed by atoms with Crippen LogP contribution in [0.5, 0.6) is 0 Å². The number of anilines is 2. The maximum atomic E-state index is 9.90. The third kappa shape index (κ3) is 3.66. The van der Waals surface area contributed by atoms with E-state index < -0.39 is 0 Å². The summed E-state index contributed by atoms with van der Waals surface area (Å²) in [4.78, 5) is 7.81. The van der Waals surface area contributed by atoms with Crippen LogP contribution in [0.15, 0.2) is 12.4 Å². The molecule has 1 atom stereocenters. The van der Waals surface area contributed by atoms with Crippen molar-refractivity contribution in [2.24, 2.45) is 5.92 Å². The van der Waals surface area contributed by atoms with Crippen molar-refractivity contribution < 1.29 is 5.11 Å². The summed E-state index contributed by atoms with van der Waals surface area (Å²) in [6.45, 7) is 4.66. The average Bonchev–Trinajstić information content (AvgIpc) is 2.28. The third-order valence-corrected chi connectivity index (χ3v) is 2.77. The lowest BCUT2D eigenvalue weighted by atomic mass is 9.97. The Morgan fingerprint density at radius 3 is 2.62 bits per heavy atom. The highest BCUT2D eigenvalue weighted by Crippen LogP contribution is 2.14. The molecular formula is C11H20N4O. The van der Waals surface area contributed by atoms with E-state index in [1.165, 1.54) is 6.33 Å². The van der Waals surface area contributed by atoms with Crippen LogP contribution in [-0.4, -0.2) is 27.7 Å². The second-order valence-corrected chi connectivity index (χ2v) is 3.85. The maximum absolute atomic E-state index is 9.90. The van der Waals surface area contributed by atoms with Crippen LogP contribution in [0.1, 0.15) is 26.7 Å². The van der Waals surface area contributed by atoms with E-state index in [-0.39, 0.29) is 6.10 Å². The molecule has 4 N–H and O–H groups in total. The largest absolute Gasteiger partial charge is 0.391 e. The second-order valence-electron chi connectivity index (χ2n) is 3.85. The third-order valence-electron chi connectivity index (χ3n) is 2.77. The molecule has 0 spiro atoms. The fraction of sp³-hybridized carbons (Fsp3) is 0.636. The van der Waals surface area contributed by atoms with Crippen LogP contribution in [0.25, 0.3) is 0 Å². The highest BCUT2D eigenvalue weighted by Gasteiger charge is 2.14. The van der Waals surface area contributed by atoms with Gasteiger partial charge >= 0.3 is 0 Å². The lowest BCUT2D eigenvalue weighted by Gasteiger charge is -2.20. The lowest BCUT2D eigenvalue weighted by molar-refractivity contribution is 0.114. The van der Waals surface area contributed by atoms with Crippen molar-refractivity contribution in [3.05, 3.63) is 12.4 Å². The van der Waals surface area contributed by atoms with Crippen molar-refractivity contribution in [1.82, 2.24) is 9.97 Å². The molecule has 1 aromatic heterocycles. The number of aliphatic hydroxyl groups excluding tert-OH is 1. The lowest BCUT2D eigenvalue weighted by Crippen LogP contribution is -2.28. The van der Waals surface area contributed by atoms with Gasteiger partial charge in [-0.2, -0.15) is 0 Å².